The molecule has 148 valence electrons. The van der Waals surface area contributed by atoms with Crippen molar-refractivity contribution in [2.24, 2.45) is 0 Å². The molecule has 1 aromatic heterocycles. The van der Waals surface area contributed by atoms with Crippen LogP contribution in [0.5, 0.6) is 5.75 Å². The summed E-state index contributed by atoms with van der Waals surface area (Å²) in [5, 5.41) is 5.50. The number of methoxy groups -OCH3 is 1. The van der Waals surface area contributed by atoms with Gasteiger partial charge in [0, 0.05) is 43.1 Å². The van der Waals surface area contributed by atoms with Gasteiger partial charge in [-0.15, -0.1) is 0 Å². The molecular weight excluding hydrogens is 402 g/mol. The maximum atomic E-state index is 13.1. The highest BCUT2D eigenvalue weighted by molar-refractivity contribution is 7.89. The number of aromatic nitrogens is 1. The van der Waals surface area contributed by atoms with Crippen molar-refractivity contribution in [3.63, 3.8) is 0 Å². The lowest BCUT2D eigenvalue weighted by atomic mass is 10.2. The largest absolute Gasteiger partial charge is 0.495 e. The van der Waals surface area contributed by atoms with Crippen LogP contribution in [0.4, 0.5) is 0 Å². The molecule has 4 rings (SSSR count). The monoisotopic (exact) mass is 421 g/mol. The first kappa shape index (κ1) is 19.2. The Kier molecular flexibility index (Phi) is 5.29. The summed E-state index contributed by atoms with van der Waals surface area (Å²) in [6, 6.07) is 12.3. The average Bonchev–Trinajstić information content (AvgIpc) is 3.11. The summed E-state index contributed by atoms with van der Waals surface area (Å²) in [5.74, 6) is 0.292. The van der Waals surface area contributed by atoms with Crippen LogP contribution in [0.1, 0.15) is 5.69 Å². The Hall–Kier alpha value is -2.13. The van der Waals surface area contributed by atoms with E-state index in [1.54, 1.807) is 12.1 Å². The lowest BCUT2D eigenvalue weighted by Crippen LogP contribution is -2.48. The maximum absolute atomic E-state index is 13.1. The molecule has 1 aliphatic heterocycles. The van der Waals surface area contributed by atoms with Gasteiger partial charge in [-0.3, -0.25) is 4.90 Å². The molecular formula is C19H20ClN3O4S. The third-order valence-corrected chi connectivity index (χ3v) is 7.06. The summed E-state index contributed by atoms with van der Waals surface area (Å²) in [4.78, 5) is 2.27. The molecule has 3 aromatic rings. The van der Waals surface area contributed by atoms with Crippen LogP contribution in [0.15, 0.2) is 51.9 Å². The molecule has 0 unspecified atom stereocenters. The molecule has 1 saturated heterocycles. The maximum Gasteiger partial charge on any atom is 0.246 e. The highest BCUT2D eigenvalue weighted by Crippen LogP contribution is 2.30. The smallest absolute Gasteiger partial charge is 0.246 e. The second-order valence-corrected chi connectivity index (χ2v) is 8.94. The third-order valence-electron chi connectivity index (χ3n) is 4.90. The van der Waals surface area contributed by atoms with Gasteiger partial charge in [-0.2, -0.15) is 4.31 Å². The van der Waals surface area contributed by atoms with Gasteiger partial charge in [-0.05, 0) is 30.3 Å². The van der Waals surface area contributed by atoms with Gasteiger partial charge in [0.15, 0.2) is 5.58 Å². The van der Waals surface area contributed by atoms with E-state index in [0.29, 0.717) is 43.5 Å². The van der Waals surface area contributed by atoms with E-state index in [9.17, 15) is 8.42 Å². The Labute approximate surface area is 168 Å². The fourth-order valence-electron chi connectivity index (χ4n) is 3.38. The highest BCUT2D eigenvalue weighted by Gasteiger charge is 2.31. The predicted molar refractivity (Wildman–Crippen MR) is 106 cm³/mol. The lowest BCUT2D eigenvalue weighted by Gasteiger charge is -2.33. The molecule has 0 spiro atoms. The summed E-state index contributed by atoms with van der Waals surface area (Å²) < 4.78 is 38.2. The number of sulfonamides is 1. The summed E-state index contributed by atoms with van der Waals surface area (Å²) in [5.41, 5.74) is 1.62. The molecule has 9 heteroatoms. The number of halogens is 1. The Morgan fingerprint density at radius 3 is 2.64 bits per heavy atom. The van der Waals surface area contributed by atoms with Crippen LogP contribution < -0.4 is 4.74 Å². The number of rotatable bonds is 5. The number of para-hydroxylation sites is 1. The summed E-state index contributed by atoms with van der Waals surface area (Å²) in [6.07, 6.45) is 0. The van der Waals surface area contributed by atoms with Crippen LogP contribution in [-0.2, 0) is 16.6 Å². The van der Waals surface area contributed by atoms with Gasteiger partial charge in [0.2, 0.25) is 10.0 Å². The van der Waals surface area contributed by atoms with Crippen molar-refractivity contribution in [1.29, 1.82) is 0 Å². The number of fused-ring (bicyclic) bond motifs is 1. The first-order valence-electron chi connectivity index (χ1n) is 8.88. The zero-order valence-corrected chi connectivity index (χ0v) is 16.9. The number of hydrogen-bond acceptors (Lipinski definition) is 6. The average molecular weight is 422 g/mol. The summed E-state index contributed by atoms with van der Waals surface area (Å²) in [7, 11) is -2.24. The number of piperazine rings is 1. The fourth-order valence-corrected chi connectivity index (χ4v) is 5.22. The van der Waals surface area contributed by atoms with Gasteiger partial charge >= 0.3 is 0 Å². The Balaban J connectivity index is 1.47. The number of benzene rings is 2. The van der Waals surface area contributed by atoms with E-state index in [2.05, 4.69) is 10.1 Å². The number of nitrogens with zero attached hydrogens (tertiary/aromatic N) is 3. The van der Waals surface area contributed by atoms with Gasteiger partial charge in [-0.1, -0.05) is 28.9 Å². The second kappa shape index (κ2) is 7.71. The molecule has 2 heterocycles. The standard InChI is InChI=1S/C19H20ClN3O4S/c1-26-18-7-6-14(20)12-19(18)28(24,25)23-10-8-22(9-11-23)13-16-15-4-2-3-5-17(15)27-21-16/h2-7,12H,8-11,13H2,1H3. The van der Waals surface area contributed by atoms with E-state index in [4.69, 9.17) is 20.9 Å². The Morgan fingerprint density at radius 1 is 1.14 bits per heavy atom. The third kappa shape index (κ3) is 3.60. The molecule has 0 bridgehead atoms. The molecule has 1 aliphatic rings. The minimum atomic E-state index is -3.68. The highest BCUT2D eigenvalue weighted by atomic mass is 35.5. The predicted octanol–water partition coefficient (Wildman–Crippen LogP) is 3.00. The van der Waals surface area contributed by atoms with Gasteiger partial charge < -0.3 is 9.26 Å². The van der Waals surface area contributed by atoms with E-state index >= 15 is 0 Å². The molecule has 0 saturated carbocycles. The zero-order chi connectivity index (χ0) is 19.7. The van der Waals surface area contributed by atoms with E-state index in [1.807, 2.05) is 24.3 Å². The first-order chi connectivity index (χ1) is 13.5. The van der Waals surface area contributed by atoms with Crippen LogP contribution in [0.3, 0.4) is 0 Å². The van der Waals surface area contributed by atoms with Crippen molar-refractivity contribution in [2.75, 3.05) is 33.3 Å². The van der Waals surface area contributed by atoms with Crippen LogP contribution in [0, 0.1) is 0 Å². The normalized spacial score (nSPS) is 16.5. The van der Waals surface area contributed by atoms with Crippen molar-refractivity contribution in [1.82, 2.24) is 14.4 Å². The molecule has 28 heavy (non-hydrogen) atoms. The Morgan fingerprint density at radius 2 is 1.89 bits per heavy atom. The lowest BCUT2D eigenvalue weighted by molar-refractivity contribution is 0.178. The zero-order valence-electron chi connectivity index (χ0n) is 15.3. The van der Waals surface area contributed by atoms with E-state index in [-0.39, 0.29) is 4.90 Å². The van der Waals surface area contributed by atoms with E-state index in [0.717, 1.165) is 16.7 Å². The van der Waals surface area contributed by atoms with Gasteiger partial charge in [0.25, 0.3) is 0 Å². The van der Waals surface area contributed by atoms with E-state index < -0.39 is 10.0 Å². The van der Waals surface area contributed by atoms with Crippen LogP contribution in [0.2, 0.25) is 5.02 Å². The molecule has 1 fully saturated rings. The fraction of sp³-hybridized carbons (Fsp3) is 0.316. The quantitative estimate of drug-likeness (QED) is 0.630. The van der Waals surface area contributed by atoms with Gasteiger partial charge in [0.1, 0.15) is 16.3 Å². The second-order valence-electron chi connectivity index (χ2n) is 6.60. The topological polar surface area (TPSA) is 75.9 Å². The van der Waals surface area contributed by atoms with Crippen molar-refractivity contribution in [3.8, 4) is 5.75 Å². The molecule has 0 N–H and O–H groups in total. The van der Waals surface area contributed by atoms with Crippen LogP contribution in [-0.4, -0.2) is 56.1 Å². The van der Waals surface area contributed by atoms with Gasteiger partial charge in [-0.25, -0.2) is 8.42 Å². The van der Waals surface area contributed by atoms with Crippen LogP contribution in [0.25, 0.3) is 11.0 Å². The molecule has 0 amide bonds. The minimum Gasteiger partial charge on any atom is -0.495 e. The van der Waals surface area contributed by atoms with Crippen LogP contribution >= 0.6 is 11.6 Å². The Bertz CT molecular complexity index is 1090. The van der Waals surface area contributed by atoms with Crippen molar-refractivity contribution < 1.29 is 17.7 Å². The minimum absolute atomic E-state index is 0.0958. The van der Waals surface area contributed by atoms with Crippen molar-refractivity contribution >= 4 is 32.6 Å². The summed E-state index contributed by atoms with van der Waals surface area (Å²) >= 11 is 6.01. The molecule has 0 aliphatic carbocycles. The SMILES string of the molecule is COc1ccc(Cl)cc1S(=O)(=O)N1CCN(Cc2noc3ccccc23)CC1. The molecule has 2 aromatic carbocycles. The molecule has 0 atom stereocenters. The molecule has 7 nitrogen and oxygen atoms in total. The van der Waals surface area contributed by atoms with Gasteiger partial charge in [0.05, 0.1) is 7.11 Å². The summed E-state index contributed by atoms with van der Waals surface area (Å²) in [6.45, 7) is 2.58. The number of ether oxygens (including phenoxy) is 1. The molecule has 0 radical (unpaired) electrons. The van der Waals surface area contributed by atoms with Crippen molar-refractivity contribution in [3.05, 3.63) is 53.2 Å². The first-order valence-corrected chi connectivity index (χ1v) is 10.7. The van der Waals surface area contributed by atoms with Crippen molar-refractivity contribution in [2.45, 2.75) is 11.4 Å². The number of hydrogen-bond donors (Lipinski definition) is 0. The van der Waals surface area contributed by atoms with E-state index in [1.165, 1.54) is 17.5 Å².